The van der Waals surface area contributed by atoms with Gasteiger partial charge in [0.1, 0.15) is 0 Å². The normalized spacial score (nSPS) is 27.6. The number of nitrogens with one attached hydrogen (secondary N) is 1. The molecule has 3 atom stereocenters. The second-order valence-electron chi connectivity index (χ2n) is 6.13. The Morgan fingerprint density at radius 2 is 2.21 bits per heavy atom. The zero-order valence-corrected chi connectivity index (χ0v) is 12.6. The number of aryl methyl sites for hydroxylation is 1. The lowest BCUT2D eigenvalue weighted by Crippen LogP contribution is -2.33. The van der Waals surface area contributed by atoms with E-state index in [9.17, 15) is 0 Å². The van der Waals surface area contributed by atoms with E-state index in [1.807, 2.05) is 11.7 Å². The maximum atomic E-state index is 4.27. The van der Waals surface area contributed by atoms with E-state index in [4.69, 9.17) is 0 Å². The SMILES string of the molecule is CCCC1CCC(CNC)C(Cc2cn(C)nn2)C1. The van der Waals surface area contributed by atoms with Gasteiger partial charge in [-0.2, -0.15) is 0 Å². The largest absolute Gasteiger partial charge is 0.319 e. The molecule has 0 amide bonds. The van der Waals surface area contributed by atoms with Crippen molar-refractivity contribution in [2.24, 2.45) is 24.8 Å². The molecule has 1 aliphatic rings. The Kier molecular flexibility index (Phi) is 5.37. The van der Waals surface area contributed by atoms with E-state index in [1.54, 1.807) is 0 Å². The number of rotatable bonds is 6. The van der Waals surface area contributed by atoms with Crippen molar-refractivity contribution in [3.63, 3.8) is 0 Å². The summed E-state index contributed by atoms with van der Waals surface area (Å²) in [6.45, 7) is 3.45. The minimum Gasteiger partial charge on any atom is -0.319 e. The molecule has 2 rings (SSSR count). The van der Waals surface area contributed by atoms with Gasteiger partial charge in [-0.05, 0) is 50.6 Å². The second-order valence-corrected chi connectivity index (χ2v) is 6.13. The highest BCUT2D eigenvalue weighted by Crippen LogP contribution is 2.37. The molecule has 4 nitrogen and oxygen atoms in total. The van der Waals surface area contributed by atoms with Crippen molar-refractivity contribution in [3.8, 4) is 0 Å². The molecular formula is C15H28N4. The number of nitrogens with zero attached hydrogens (tertiary/aromatic N) is 3. The Morgan fingerprint density at radius 3 is 2.84 bits per heavy atom. The Hall–Kier alpha value is -0.900. The van der Waals surface area contributed by atoms with Crippen LogP contribution in [0.15, 0.2) is 6.20 Å². The molecule has 1 saturated carbocycles. The Labute approximate surface area is 117 Å². The molecule has 1 N–H and O–H groups in total. The van der Waals surface area contributed by atoms with E-state index >= 15 is 0 Å². The topological polar surface area (TPSA) is 42.7 Å². The summed E-state index contributed by atoms with van der Waals surface area (Å²) >= 11 is 0. The molecular weight excluding hydrogens is 236 g/mol. The fraction of sp³-hybridized carbons (Fsp3) is 0.867. The highest BCUT2D eigenvalue weighted by molar-refractivity contribution is 4.96. The quantitative estimate of drug-likeness (QED) is 0.858. The molecule has 1 heterocycles. The number of hydrogen-bond donors (Lipinski definition) is 1. The summed E-state index contributed by atoms with van der Waals surface area (Å²) in [6, 6.07) is 0. The predicted octanol–water partition coefficient (Wildman–Crippen LogP) is 2.41. The average Bonchev–Trinajstić information content (AvgIpc) is 2.79. The van der Waals surface area contributed by atoms with E-state index in [1.165, 1.54) is 32.1 Å². The third-order valence-corrected chi connectivity index (χ3v) is 4.53. The molecule has 1 aromatic rings. The minimum atomic E-state index is 0.773. The van der Waals surface area contributed by atoms with Gasteiger partial charge in [0.2, 0.25) is 0 Å². The molecule has 4 heteroatoms. The first-order chi connectivity index (χ1) is 9.22. The molecule has 0 aliphatic heterocycles. The summed E-state index contributed by atoms with van der Waals surface area (Å²) in [5, 5.41) is 11.7. The number of hydrogen-bond acceptors (Lipinski definition) is 3. The van der Waals surface area contributed by atoms with Crippen LogP contribution in [-0.4, -0.2) is 28.6 Å². The first kappa shape index (κ1) is 14.5. The van der Waals surface area contributed by atoms with Gasteiger partial charge < -0.3 is 5.32 Å². The third kappa shape index (κ3) is 4.03. The summed E-state index contributed by atoms with van der Waals surface area (Å²) < 4.78 is 1.81. The molecule has 19 heavy (non-hydrogen) atoms. The zero-order chi connectivity index (χ0) is 13.7. The lowest BCUT2D eigenvalue weighted by atomic mass is 9.71. The molecule has 0 spiro atoms. The Balaban J connectivity index is 1.98. The van der Waals surface area contributed by atoms with Crippen molar-refractivity contribution in [1.82, 2.24) is 20.3 Å². The molecule has 1 aromatic heterocycles. The Morgan fingerprint density at radius 1 is 1.37 bits per heavy atom. The van der Waals surface area contributed by atoms with E-state index in [0.29, 0.717) is 0 Å². The second kappa shape index (κ2) is 7.04. The lowest BCUT2D eigenvalue weighted by Gasteiger charge is -2.36. The molecule has 3 unspecified atom stereocenters. The maximum Gasteiger partial charge on any atom is 0.0829 e. The number of aromatic nitrogens is 3. The summed E-state index contributed by atoms with van der Waals surface area (Å²) in [5.41, 5.74) is 1.16. The molecule has 1 fully saturated rings. The van der Waals surface area contributed by atoms with Crippen molar-refractivity contribution in [3.05, 3.63) is 11.9 Å². The van der Waals surface area contributed by atoms with Gasteiger partial charge in [-0.3, -0.25) is 4.68 Å². The summed E-state index contributed by atoms with van der Waals surface area (Å²) in [7, 11) is 4.01. The van der Waals surface area contributed by atoms with Gasteiger partial charge in [-0.25, -0.2) is 0 Å². The van der Waals surface area contributed by atoms with Gasteiger partial charge in [-0.1, -0.05) is 31.4 Å². The van der Waals surface area contributed by atoms with Crippen LogP contribution in [0.1, 0.15) is 44.7 Å². The van der Waals surface area contributed by atoms with Crippen LogP contribution in [0, 0.1) is 17.8 Å². The van der Waals surface area contributed by atoms with Crippen LogP contribution in [0.3, 0.4) is 0 Å². The summed E-state index contributed by atoms with van der Waals surface area (Å²) in [6.07, 6.45) is 10.0. The van der Waals surface area contributed by atoms with Gasteiger partial charge >= 0.3 is 0 Å². The molecule has 0 bridgehead atoms. The molecule has 1 aliphatic carbocycles. The monoisotopic (exact) mass is 264 g/mol. The first-order valence-electron chi connectivity index (χ1n) is 7.72. The van der Waals surface area contributed by atoms with Gasteiger partial charge in [-0.15, -0.1) is 5.10 Å². The van der Waals surface area contributed by atoms with Gasteiger partial charge in [0, 0.05) is 13.2 Å². The van der Waals surface area contributed by atoms with Crippen molar-refractivity contribution in [2.75, 3.05) is 13.6 Å². The van der Waals surface area contributed by atoms with E-state index in [2.05, 4.69) is 35.8 Å². The zero-order valence-electron chi connectivity index (χ0n) is 12.6. The van der Waals surface area contributed by atoms with Crippen molar-refractivity contribution in [2.45, 2.75) is 45.4 Å². The van der Waals surface area contributed by atoms with Gasteiger partial charge in [0.05, 0.1) is 5.69 Å². The van der Waals surface area contributed by atoms with Gasteiger partial charge in [0.15, 0.2) is 0 Å². The fourth-order valence-corrected chi connectivity index (χ4v) is 3.63. The van der Waals surface area contributed by atoms with Gasteiger partial charge in [0.25, 0.3) is 0 Å². The summed E-state index contributed by atoms with van der Waals surface area (Å²) in [4.78, 5) is 0. The molecule has 0 radical (unpaired) electrons. The predicted molar refractivity (Wildman–Crippen MR) is 77.9 cm³/mol. The van der Waals surface area contributed by atoms with Crippen LogP contribution in [0.2, 0.25) is 0 Å². The highest BCUT2D eigenvalue weighted by atomic mass is 15.4. The van der Waals surface area contributed by atoms with Crippen LogP contribution in [0.25, 0.3) is 0 Å². The highest BCUT2D eigenvalue weighted by Gasteiger charge is 2.30. The standard InChI is InChI=1S/C15H28N4/c1-4-5-12-6-7-13(10-16-2)14(8-12)9-15-11-19(3)18-17-15/h11-14,16H,4-10H2,1-3H3. The average molecular weight is 264 g/mol. The molecule has 0 aromatic carbocycles. The minimum absolute atomic E-state index is 0.773. The van der Waals surface area contributed by atoms with Crippen molar-refractivity contribution in [1.29, 1.82) is 0 Å². The molecule has 0 saturated heterocycles. The molecule has 108 valence electrons. The van der Waals surface area contributed by atoms with Crippen LogP contribution in [-0.2, 0) is 13.5 Å². The third-order valence-electron chi connectivity index (χ3n) is 4.53. The fourth-order valence-electron chi connectivity index (χ4n) is 3.63. The van der Waals surface area contributed by atoms with Crippen molar-refractivity contribution >= 4 is 0 Å². The lowest BCUT2D eigenvalue weighted by molar-refractivity contribution is 0.168. The van der Waals surface area contributed by atoms with E-state index in [-0.39, 0.29) is 0 Å². The van der Waals surface area contributed by atoms with E-state index in [0.717, 1.165) is 36.4 Å². The van der Waals surface area contributed by atoms with Crippen LogP contribution in [0.5, 0.6) is 0 Å². The van der Waals surface area contributed by atoms with Crippen LogP contribution >= 0.6 is 0 Å². The Bertz CT molecular complexity index is 374. The van der Waals surface area contributed by atoms with Crippen LogP contribution in [0.4, 0.5) is 0 Å². The smallest absolute Gasteiger partial charge is 0.0829 e. The van der Waals surface area contributed by atoms with E-state index < -0.39 is 0 Å². The summed E-state index contributed by atoms with van der Waals surface area (Å²) in [5.74, 6) is 2.51. The van der Waals surface area contributed by atoms with Crippen molar-refractivity contribution < 1.29 is 0 Å². The maximum absolute atomic E-state index is 4.27. The van der Waals surface area contributed by atoms with Crippen LogP contribution < -0.4 is 5.32 Å². The first-order valence-corrected chi connectivity index (χ1v) is 7.72.